The number of hydrogen-bond acceptors (Lipinski definition) is 5. The summed E-state index contributed by atoms with van der Waals surface area (Å²) in [5.41, 5.74) is 3.59. The number of aryl methyl sites for hydroxylation is 1. The van der Waals surface area contributed by atoms with Crippen LogP contribution in [0.3, 0.4) is 0 Å². The van der Waals surface area contributed by atoms with Crippen LogP contribution in [-0.2, 0) is 22.6 Å². The number of aliphatic hydroxyl groups is 1. The van der Waals surface area contributed by atoms with Crippen LogP contribution in [0.1, 0.15) is 51.9 Å². The molecule has 0 radical (unpaired) electrons. The van der Waals surface area contributed by atoms with Gasteiger partial charge in [-0.05, 0) is 74.3 Å². The smallest absolute Gasteiger partial charge is 0.254 e. The topological polar surface area (TPSA) is 119 Å². The molecule has 2 unspecified atom stereocenters. The molecular formula is C33H37N3O5. The number of fused-ring (bicyclic) bond motifs is 2. The third-order valence-corrected chi connectivity index (χ3v) is 8.62. The number of hydrogen-bond donors (Lipinski definition) is 4. The Bertz CT molecular complexity index is 1430. The first-order chi connectivity index (χ1) is 19.7. The fourth-order valence-corrected chi connectivity index (χ4v) is 6.29. The summed E-state index contributed by atoms with van der Waals surface area (Å²) in [6, 6.07) is 20.1. The highest BCUT2D eigenvalue weighted by atomic mass is 16.3. The van der Waals surface area contributed by atoms with Gasteiger partial charge in [0, 0.05) is 23.7 Å². The number of amides is 3. The van der Waals surface area contributed by atoms with Gasteiger partial charge in [0.25, 0.3) is 11.8 Å². The van der Waals surface area contributed by atoms with E-state index < -0.39 is 30.0 Å². The van der Waals surface area contributed by atoms with Crippen LogP contribution in [0.4, 0.5) is 0 Å². The lowest BCUT2D eigenvalue weighted by atomic mass is 9.95. The molecule has 0 spiro atoms. The number of carbonyl (C=O) groups is 3. The van der Waals surface area contributed by atoms with Gasteiger partial charge in [-0.1, -0.05) is 60.7 Å². The second-order valence-corrected chi connectivity index (χ2v) is 11.2. The van der Waals surface area contributed by atoms with Gasteiger partial charge in [-0.2, -0.15) is 0 Å². The van der Waals surface area contributed by atoms with E-state index >= 15 is 0 Å². The zero-order chi connectivity index (χ0) is 29.1. The maximum atomic E-state index is 14.0. The highest BCUT2D eigenvalue weighted by Gasteiger charge is 2.52. The van der Waals surface area contributed by atoms with Crippen molar-refractivity contribution in [2.45, 2.75) is 70.3 Å². The van der Waals surface area contributed by atoms with Gasteiger partial charge < -0.3 is 25.7 Å². The van der Waals surface area contributed by atoms with Crippen LogP contribution in [0, 0.1) is 19.8 Å². The lowest BCUT2D eigenvalue weighted by Gasteiger charge is -2.37. The monoisotopic (exact) mass is 555 g/mol. The molecule has 8 nitrogen and oxygen atoms in total. The van der Waals surface area contributed by atoms with E-state index in [-0.39, 0.29) is 35.6 Å². The van der Waals surface area contributed by atoms with Crippen LogP contribution in [0.2, 0.25) is 0 Å². The number of phenolic OH excluding ortho intramolecular Hbond substituents is 1. The number of nitrogens with zero attached hydrogens (tertiary/aromatic N) is 1. The molecule has 1 heterocycles. The number of aromatic hydroxyl groups is 1. The zero-order valence-corrected chi connectivity index (χ0v) is 23.4. The fraction of sp³-hybridized carbons (Fsp3) is 0.364. The Morgan fingerprint density at radius 2 is 1.68 bits per heavy atom. The first-order valence-corrected chi connectivity index (χ1v) is 14.2. The number of phenols is 1. The van der Waals surface area contributed by atoms with Crippen LogP contribution in [0.15, 0.2) is 72.8 Å². The Balaban J connectivity index is 1.36. The second kappa shape index (κ2) is 12.1. The molecule has 0 aromatic heterocycles. The molecule has 2 aliphatic rings. The van der Waals surface area contributed by atoms with E-state index in [1.54, 1.807) is 24.0 Å². The van der Waals surface area contributed by atoms with E-state index in [1.807, 2.05) is 61.5 Å². The first-order valence-electron chi connectivity index (χ1n) is 14.2. The normalized spacial score (nSPS) is 20.9. The molecule has 2 bridgehead atoms. The van der Waals surface area contributed by atoms with Gasteiger partial charge in [0.1, 0.15) is 11.8 Å². The highest BCUT2D eigenvalue weighted by Crippen LogP contribution is 2.43. The van der Waals surface area contributed by atoms with Crippen molar-refractivity contribution in [2.24, 2.45) is 5.92 Å². The van der Waals surface area contributed by atoms with Crippen LogP contribution < -0.4 is 10.6 Å². The highest BCUT2D eigenvalue weighted by molar-refractivity contribution is 5.97. The van der Waals surface area contributed by atoms with Crippen molar-refractivity contribution >= 4 is 17.7 Å². The average molecular weight is 556 g/mol. The van der Waals surface area contributed by atoms with Crippen molar-refractivity contribution in [2.75, 3.05) is 0 Å². The third kappa shape index (κ3) is 5.98. The van der Waals surface area contributed by atoms with Gasteiger partial charge in [-0.25, -0.2) is 0 Å². The van der Waals surface area contributed by atoms with Gasteiger partial charge in [-0.3, -0.25) is 14.4 Å². The quantitative estimate of drug-likeness (QED) is 0.323. The molecule has 4 N–H and O–H groups in total. The fourth-order valence-electron chi connectivity index (χ4n) is 6.29. The molecule has 1 aliphatic heterocycles. The summed E-state index contributed by atoms with van der Waals surface area (Å²) in [5.74, 6) is -1.25. The Labute approximate surface area is 240 Å². The molecule has 41 heavy (non-hydrogen) atoms. The van der Waals surface area contributed by atoms with Crippen molar-refractivity contribution < 1.29 is 24.6 Å². The minimum Gasteiger partial charge on any atom is -0.508 e. The van der Waals surface area contributed by atoms with Crippen LogP contribution >= 0.6 is 0 Å². The summed E-state index contributed by atoms with van der Waals surface area (Å²) in [5, 5.41) is 27.5. The minimum absolute atomic E-state index is 0.0125. The van der Waals surface area contributed by atoms with E-state index in [2.05, 4.69) is 10.6 Å². The van der Waals surface area contributed by atoms with Crippen molar-refractivity contribution in [3.05, 3.63) is 101 Å². The molecule has 214 valence electrons. The second-order valence-electron chi connectivity index (χ2n) is 11.2. The maximum Gasteiger partial charge on any atom is 0.254 e. The van der Waals surface area contributed by atoms with Gasteiger partial charge >= 0.3 is 0 Å². The van der Waals surface area contributed by atoms with Crippen molar-refractivity contribution in [3.8, 4) is 5.75 Å². The molecule has 5 atom stereocenters. The number of rotatable bonds is 9. The van der Waals surface area contributed by atoms with E-state index in [9.17, 15) is 24.6 Å². The van der Waals surface area contributed by atoms with Crippen LogP contribution in [0.5, 0.6) is 5.75 Å². The molecule has 1 aliphatic carbocycles. The number of benzene rings is 3. The van der Waals surface area contributed by atoms with Gasteiger partial charge in [0.05, 0.1) is 6.04 Å². The molecule has 3 aromatic rings. The summed E-state index contributed by atoms with van der Waals surface area (Å²) in [7, 11) is 0. The predicted octanol–water partition coefficient (Wildman–Crippen LogP) is 3.41. The number of aliphatic hydroxyl groups excluding tert-OH is 1. The summed E-state index contributed by atoms with van der Waals surface area (Å²) in [4.78, 5) is 42.3. The zero-order valence-electron chi connectivity index (χ0n) is 23.4. The number of likely N-dealkylation sites (tertiary alicyclic amines) is 1. The molecule has 8 heteroatoms. The lowest BCUT2D eigenvalue weighted by molar-refractivity contribution is -0.150. The van der Waals surface area contributed by atoms with Crippen molar-refractivity contribution in [1.29, 1.82) is 0 Å². The SMILES string of the molecule is Cc1ccccc1CNC(=O)[C@@H]1C2CCC(C2)N1C(=O)[C@@H](O)[C@H](Cc1ccccc1)NC(=O)c1cccc(O)c1C. The number of nitrogens with one attached hydrogen (secondary N) is 2. The number of piperidine rings is 1. The Hall–Kier alpha value is -4.17. The largest absolute Gasteiger partial charge is 0.508 e. The summed E-state index contributed by atoms with van der Waals surface area (Å²) < 4.78 is 0. The summed E-state index contributed by atoms with van der Waals surface area (Å²) in [6.45, 7) is 3.99. The molecule has 1 saturated carbocycles. The van der Waals surface area contributed by atoms with Crippen molar-refractivity contribution in [3.63, 3.8) is 0 Å². The molecule has 2 fully saturated rings. The summed E-state index contributed by atoms with van der Waals surface area (Å²) in [6.07, 6.45) is 1.00. The van der Waals surface area contributed by atoms with E-state index in [1.165, 1.54) is 6.07 Å². The standard InChI is InChI=1S/C33H37N3O5/c1-20-9-6-7-12-24(20)19-34-32(40)29-23-15-16-25(18-23)36(29)33(41)30(38)27(17-22-10-4-3-5-11-22)35-31(39)26-13-8-14-28(37)21(26)2/h3-14,23,25,27,29-30,37-38H,15-19H2,1-2H3,(H,34,40)(H,35,39)/t23?,25?,27-,29-,30-/m0/s1. The lowest BCUT2D eigenvalue weighted by Crippen LogP contribution is -2.59. The van der Waals surface area contributed by atoms with Crippen LogP contribution in [0.25, 0.3) is 0 Å². The predicted molar refractivity (Wildman–Crippen MR) is 155 cm³/mol. The summed E-state index contributed by atoms with van der Waals surface area (Å²) >= 11 is 0. The molecule has 1 saturated heterocycles. The van der Waals surface area contributed by atoms with Gasteiger partial charge in [-0.15, -0.1) is 0 Å². The molecule has 5 rings (SSSR count). The van der Waals surface area contributed by atoms with Crippen LogP contribution in [-0.4, -0.2) is 57.1 Å². The Kier molecular flexibility index (Phi) is 8.40. The first kappa shape index (κ1) is 28.4. The Morgan fingerprint density at radius 1 is 0.951 bits per heavy atom. The third-order valence-electron chi connectivity index (χ3n) is 8.62. The molecule has 3 aromatic carbocycles. The van der Waals surface area contributed by atoms with E-state index in [0.717, 1.165) is 36.0 Å². The van der Waals surface area contributed by atoms with E-state index in [4.69, 9.17) is 0 Å². The average Bonchev–Trinajstić information content (AvgIpc) is 3.60. The van der Waals surface area contributed by atoms with Gasteiger partial charge in [0.15, 0.2) is 6.10 Å². The molecule has 3 amide bonds. The van der Waals surface area contributed by atoms with E-state index in [0.29, 0.717) is 12.1 Å². The maximum absolute atomic E-state index is 14.0. The molecular weight excluding hydrogens is 518 g/mol. The minimum atomic E-state index is -1.57. The van der Waals surface area contributed by atoms with Gasteiger partial charge in [0.2, 0.25) is 5.91 Å². The number of carbonyl (C=O) groups excluding carboxylic acids is 3. The van der Waals surface area contributed by atoms with Crippen molar-refractivity contribution in [1.82, 2.24) is 15.5 Å². The Morgan fingerprint density at radius 3 is 2.44 bits per heavy atom.